The number of rotatable bonds is 1. The second kappa shape index (κ2) is 4.31. The van der Waals surface area contributed by atoms with Crippen LogP contribution < -0.4 is 16.0 Å². The van der Waals surface area contributed by atoms with E-state index in [1.165, 1.54) is 12.8 Å². The topological polar surface area (TPSA) is 67.1 Å². The van der Waals surface area contributed by atoms with Crippen LogP contribution in [-0.2, 0) is 0 Å². The molecule has 0 saturated carbocycles. The summed E-state index contributed by atoms with van der Waals surface area (Å²) in [6.45, 7) is 3.14. The summed E-state index contributed by atoms with van der Waals surface area (Å²) in [4.78, 5) is 10.4. The predicted molar refractivity (Wildman–Crippen MR) is 68.2 cm³/mol. The lowest BCUT2D eigenvalue weighted by Gasteiger charge is -2.24. The average Bonchev–Trinajstić information content (AvgIpc) is 2.71. The van der Waals surface area contributed by atoms with Gasteiger partial charge in [0.2, 0.25) is 5.95 Å². The van der Waals surface area contributed by atoms with Crippen LogP contribution in [0.25, 0.3) is 0 Å². The van der Waals surface area contributed by atoms with E-state index in [2.05, 4.69) is 20.2 Å². The lowest BCUT2D eigenvalue weighted by molar-refractivity contribution is 0.340. The first-order valence-corrected chi connectivity index (χ1v) is 6.38. The van der Waals surface area contributed by atoms with Crippen molar-refractivity contribution in [1.29, 1.82) is 0 Å². The number of nitrogens with one attached hydrogen (secondary N) is 1. The molecule has 0 radical (unpaired) electrons. The van der Waals surface area contributed by atoms with Gasteiger partial charge < -0.3 is 16.0 Å². The maximum absolute atomic E-state index is 5.91. The summed E-state index contributed by atoms with van der Waals surface area (Å²) in [6.07, 6.45) is 2.56. The van der Waals surface area contributed by atoms with Crippen LogP contribution in [0.15, 0.2) is 6.07 Å². The molecule has 5 nitrogen and oxygen atoms in total. The van der Waals surface area contributed by atoms with Crippen LogP contribution in [-0.4, -0.2) is 35.6 Å². The SMILES string of the molecule is Nc1nc(Cl)cc(N2C[C@H]3CCCN[C@H]3C2)n1. The van der Waals surface area contributed by atoms with E-state index in [-0.39, 0.29) is 5.95 Å². The van der Waals surface area contributed by atoms with Gasteiger partial charge in [-0.2, -0.15) is 4.98 Å². The Labute approximate surface area is 105 Å². The number of nitrogens with two attached hydrogens (primary N) is 1. The second-order valence-electron chi connectivity index (χ2n) is 4.77. The molecule has 0 aromatic carbocycles. The van der Waals surface area contributed by atoms with E-state index in [0.29, 0.717) is 11.2 Å². The van der Waals surface area contributed by atoms with Gasteiger partial charge in [0, 0.05) is 25.2 Å². The molecular formula is C11H16ClN5. The number of hydrogen-bond acceptors (Lipinski definition) is 5. The van der Waals surface area contributed by atoms with Gasteiger partial charge in [-0.25, -0.2) is 4.98 Å². The van der Waals surface area contributed by atoms with E-state index in [1.54, 1.807) is 6.07 Å². The summed E-state index contributed by atoms with van der Waals surface area (Å²) in [6, 6.07) is 2.37. The Hall–Kier alpha value is -1.07. The van der Waals surface area contributed by atoms with E-state index in [4.69, 9.17) is 17.3 Å². The first-order valence-electron chi connectivity index (χ1n) is 6.01. The Bertz CT molecular complexity index is 390. The highest BCUT2D eigenvalue weighted by molar-refractivity contribution is 6.29. The predicted octanol–water partition coefficient (Wildman–Crippen LogP) is 0.900. The molecule has 92 valence electrons. The molecular weight excluding hydrogens is 238 g/mol. The summed E-state index contributed by atoms with van der Waals surface area (Å²) >= 11 is 5.91. The van der Waals surface area contributed by atoms with Crippen molar-refractivity contribution in [3.63, 3.8) is 0 Å². The minimum absolute atomic E-state index is 0.246. The number of fused-ring (bicyclic) bond motifs is 1. The molecule has 0 aliphatic carbocycles. The van der Waals surface area contributed by atoms with Crippen molar-refractivity contribution in [3.8, 4) is 0 Å². The summed E-state index contributed by atoms with van der Waals surface area (Å²) < 4.78 is 0. The van der Waals surface area contributed by atoms with Crippen LogP contribution in [0.5, 0.6) is 0 Å². The van der Waals surface area contributed by atoms with Crippen molar-refractivity contribution in [2.24, 2.45) is 5.92 Å². The molecule has 2 fully saturated rings. The fourth-order valence-electron chi connectivity index (χ4n) is 2.82. The number of nitrogens with zero attached hydrogens (tertiary/aromatic N) is 3. The van der Waals surface area contributed by atoms with E-state index in [0.717, 1.165) is 31.4 Å². The number of anilines is 2. The third-order valence-electron chi connectivity index (χ3n) is 3.62. The lowest BCUT2D eigenvalue weighted by Crippen LogP contribution is -2.40. The highest BCUT2D eigenvalue weighted by Crippen LogP contribution is 2.29. The maximum Gasteiger partial charge on any atom is 0.223 e. The molecule has 0 unspecified atom stereocenters. The second-order valence-corrected chi connectivity index (χ2v) is 5.16. The molecule has 3 rings (SSSR count). The molecule has 3 heterocycles. The quantitative estimate of drug-likeness (QED) is 0.728. The third-order valence-corrected chi connectivity index (χ3v) is 3.82. The fraction of sp³-hybridized carbons (Fsp3) is 0.636. The summed E-state index contributed by atoms with van der Waals surface area (Å²) in [5, 5.41) is 3.97. The van der Waals surface area contributed by atoms with Gasteiger partial charge in [-0.05, 0) is 25.3 Å². The van der Waals surface area contributed by atoms with Gasteiger partial charge in [0.1, 0.15) is 11.0 Å². The van der Waals surface area contributed by atoms with Gasteiger partial charge in [-0.3, -0.25) is 0 Å². The molecule has 2 saturated heterocycles. The third kappa shape index (κ3) is 2.17. The van der Waals surface area contributed by atoms with Gasteiger partial charge in [0.15, 0.2) is 0 Å². The molecule has 2 atom stereocenters. The van der Waals surface area contributed by atoms with Crippen molar-refractivity contribution >= 4 is 23.4 Å². The monoisotopic (exact) mass is 253 g/mol. The van der Waals surface area contributed by atoms with Gasteiger partial charge in [-0.1, -0.05) is 11.6 Å². The highest BCUT2D eigenvalue weighted by Gasteiger charge is 2.34. The molecule has 17 heavy (non-hydrogen) atoms. The highest BCUT2D eigenvalue weighted by atomic mass is 35.5. The summed E-state index contributed by atoms with van der Waals surface area (Å²) in [5.74, 6) is 1.81. The number of hydrogen-bond donors (Lipinski definition) is 2. The van der Waals surface area contributed by atoms with Gasteiger partial charge in [0.25, 0.3) is 0 Å². The zero-order chi connectivity index (χ0) is 11.8. The van der Waals surface area contributed by atoms with Crippen LogP contribution in [0, 0.1) is 5.92 Å². The van der Waals surface area contributed by atoms with Crippen molar-refractivity contribution in [2.75, 3.05) is 30.3 Å². The smallest absolute Gasteiger partial charge is 0.223 e. The first kappa shape index (κ1) is 11.0. The average molecular weight is 254 g/mol. The van der Waals surface area contributed by atoms with Crippen LogP contribution in [0.3, 0.4) is 0 Å². The Kier molecular flexibility index (Phi) is 2.80. The van der Waals surface area contributed by atoms with E-state index in [1.807, 2.05) is 0 Å². The zero-order valence-corrected chi connectivity index (χ0v) is 10.3. The molecule has 0 amide bonds. The zero-order valence-electron chi connectivity index (χ0n) is 9.56. The van der Waals surface area contributed by atoms with Crippen LogP contribution in [0.1, 0.15) is 12.8 Å². The van der Waals surface area contributed by atoms with Gasteiger partial charge in [0.05, 0.1) is 0 Å². The number of piperidine rings is 1. The van der Waals surface area contributed by atoms with Gasteiger partial charge >= 0.3 is 0 Å². The van der Waals surface area contributed by atoms with Crippen LogP contribution >= 0.6 is 11.6 Å². The normalized spacial score (nSPS) is 28.2. The Morgan fingerprint density at radius 3 is 3.06 bits per heavy atom. The number of nitrogen functional groups attached to an aromatic ring is 1. The summed E-state index contributed by atoms with van der Waals surface area (Å²) in [7, 11) is 0. The standard InChI is InChI=1S/C11H16ClN5/c12-9-4-10(16-11(13)15-9)17-5-7-2-1-3-14-8(7)6-17/h4,7-8,14H,1-3,5-6H2,(H2,13,15,16)/t7-,8+/m1/s1. The Morgan fingerprint density at radius 1 is 1.41 bits per heavy atom. The van der Waals surface area contributed by atoms with Crippen LogP contribution in [0.2, 0.25) is 5.15 Å². The molecule has 0 spiro atoms. The van der Waals surface area contributed by atoms with Gasteiger partial charge in [-0.15, -0.1) is 0 Å². The fourth-order valence-corrected chi connectivity index (χ4v) is 3.00. The molecule has 0 bridgehead atoms. The molecule has 2 aliphatic heterocycles. The van der Waals surface area contributed by atoms with E-state index >= 15 is 0 Å². The van der Waals surface area contributed by atoms with Crippen molar-refractivity contribution in [2.45, 2.75) is 18.9 Å². The Balaban J connectivity index is 1.81. The number of aromatic nitrogens is 2. The van der Waals surface area contributed by atoms with E-state index < -0.39 is 0 Å². The van der Waals surface area contributed by atoms with Crippen molar-refractivity contribution in [1.82, 2.24) is 15.3 Å². The molecule has 3 N–H and O–H groups in total. The summed E-state index contributed by atoms with van der Waals surface area (Å²) in [5.41, 5.74) is 5.62. The van der Waals surface area contributed by atoms with Crippen molar-refractivity contribution < 1.29 is 0 Å². The largest absolute Gasteiger partial charge is 0.368 e. The van der Waals surface area contributed by atoms with Crippen LogP contribution in [0.4, 0.5) is 11.8 Å². The minimum atomic E-state index is 0.246. The molecule has 6 heteroatoms. The first-order chi connectivity index (χ1) is 8.22. The lowest BCUT2D eigenvalue weighted by atomic mass is 9.94. The number of halogens is 1. The minimum Gasteiger partial charge on any atom is -0.368 e. The molecule has 1 aromatic rings. The van der Waals surface area contributed by atoms with E-state index in [9.17, 15) is 0 Å². The molecule has 1 aromatic heterocycles. The Morgan fingerprint density at radius 2 is 2.29 bits per heavy atom. The van der Waals surface area contributed by atoms with Crippen molar-refractivity contribution in [3.05, 3.63) is 11.2 Å². The molecule has 2 aliphatic rings. The maximum atomic E-state index is 5.91.